The Kier molecular flexibility index (Phi) is 5.44. The zero-order chi connectivity index (χ0) is 12.1. The highest BCUT2D eigenvalue weighted by molar-refractivity contribution is 9.11. The van der Waals surface area contributed by atoms with E-state index in [4.69, 9.17) is 5.11 Å². The van der Waals surface area contributed by atoms with Gasteiger partial charge < -0.3 is 5.11 Å². The van der Waals surface area contributed by atoms with Crippen LogP contribution in [-0.2, 0) is 11.3 Å². The maximum Gasteiger partial charge on any atom is 0.304 e. The largest absolute Gasteiger partial charge is 0.481 e. The monoisotopic (exact) mass is 305 g/mol. The minimum atomic E-state index is -0.738. The highest BCUT2D eigenvalue weighted by Gasteiger charge is 2.16. The Hall–Kier alpha value is -0.390. The van der Waals surface area contributed by atoms with Crippen LogP contribution in [0.5, 0.6) is 0 Å². The average molecular weight is 306 g/mol. The van der Waals surface area contributed by atoms with Gasteiger partial charge in [-0.3, -0.25) is 9.69 Å². The first kappa shape index (κ1) is 13.7. The molecule has 3 nitrogen and oxygen atoms in total. The van der Waals surface area contributed by atoms with E-state index in [1.165, 1.54) is 4.88 Å². The third kappa shape index (κ3) is 4.23. The molecule has 0 aliphatic carbocycles. The van der Waals surface area contributed by atoms with Crippen molar-refractivity contribution in [2.45, 2.75) is 32.9 Å². The van der Waals surface area contributed by atoms with Crippen LogP contribution in [0, 0.1) is 0 Å². The molecule has 0 fully saturated rings. The lowest BCUT2D eigenvalue weighted by molar-refractivity contribution is -0.138. The number of rotatable bonds is 6. The quantitative estimate of drug-likeness (QED) is 0.877. The summed E-state index contributed by atoms with van der Waals surface area (Å²) in [5.41, 5.74) is 0. The third-order valence-electron chi connectivity index (χ3n) is 2.49. The molecule has 1 unspecified atom stereocenters. The molecule has 5 heteroatoms. The summed E-state index contributed by atoms with van der Waals surface area (Å²) in [5.74, 6) is -0.738. The number of hydrogen-bond acceptors (Lipinski definition) is 3. The van der Waals surface area contributed by atoms with Crippen molar-refractivity contribution in [1.82, 2.24) is 4.90 Å². The summed E-state index contributed by atoms with van der Waals surface area (Å²) in [6.07, 6.45) is 0.195. The predicted molar refractivity (Wildman–Crippen MR) is 69.8 cm³/mol. The van der Waals surface area contributed by atoms with Crippen molar-refractivity contribution in [2.24, 2.45) is 0 Å². The smallest absolute Gasteiger partial charge is 0.304 e. The number of carbonyl (C=O) groups is 1. The van der Waals surface area contributed by atoms with Crippen LogP contribution in [0.25, 0.3) is 0 Å². The molecule has 0 amide bonds. The Morgan fingerprint density at radius 1 is 1.62 bits per heavy atom. The van der Waals surface area contributed by atoms with E-state index in [1.807, 2.05) is 13.0 Å². The van der Waals surface area contributed by atoms with Gasteiger partial charge in [0, 0.05) is 17.5 Å². The fraction of sp³-hybridized carbons (Fsp3) is 0.545. The first-order valence-electron chi connectivity index (χ1n) is 5.23. The highest BCUT2D eigenvalue weighted by atomic mass is 79.9. The van der Waals surface area contributed by atoms with E-state index in [0.29, 0.717) is 0 Å². The van der Waals surface area contributed by atoms with E-state index in [0.717, 1.165) is 16.9 Å². The zero-order valence-electron chi connectivity index (χ0n) is 9.44. The van der Waals surface area contributed by atoms with Gasteiger partial charge in [0.2, 0.25) is 0 Å². The number of halogens is 1. The molecule has 0 aliphatic heterocycles. The Morgan fingerprint density at radius 2 is 2.31 bits per heavy atom. The molecule has 1 N–H and O–H groups in total. The number of carboxylic acid groups (broad SMARTS) is 1. The molecule has 1 atom stereocenters. The van der Waals surface area contributed by atoms with Crippen LogP contribution in [0.4, 0.5) is 0 Å². The highest BCUT2D eigenvalue weighted by Crippen LogP contribution is 2.24. The van der Waals surface area contributed by atoms with Crippen molar-refractivity contribution < 1.29 is 9.90 Å². The van der Waals surface area contributed by atoms with Crippen LogP contribution < -0.4 is 0 Å². The topological polar surface area (TPSA) is 40.5 Å². The van der Waals surface area contributed by atoms with E-state index in [1.54, 1.807) is 11.3 Å². The van der Waals surface area contributed by atoms with Crippen molar-refractivity contribution in [3.8, 4) is 0 Å². The van der Waals surface area contributed by atoms with E-state index < -0.39 is 5.97 Å². The zero-order valence-corrected chi connectivity index (χ0v) is 11.8. The minimum Gasteiger partial charge on any atom is -0.481 e. The van der Waals surface area contributed by atoms with E-state index in [9.17, 15) is 4.79 Å². The summed E-state index contributed by atoms with van der Waals surface area (Å²) in [4.78, 5) is 14.1. The summed E-state index contributed by atoms with van der Waals surface area (Å²) in [6.45, 7) is 5.70. The van der Waals surface area contributed by atoms with E-state index in [2.05, 4.69) is 33.8 Å². The molecule has 1 heterocycles. The van der Waals surface area contributed by atoms with Gasteiger partial charge in [-0.05, 0) is 41.5 Å². The second-order valence-corrected chi connectivity index (χ2v) is 6.26. The SMILES string of the molecule is CCN(Cc1ccc(Br)s1)C(C)CC(=O)O. The molecule has 16 heavy (non-hydrogen) atoms. The van der Waals surface area contributed by atoms with Gasteiger partial charge in [-0.1, -0.05) is 6.92 Å². The molecule has 0 saturated carbocycles. The van der Waals surface area contributed by atoms with Crippen molar-refractivity contribution in [1.29, 1.82) is 0 Å². The van der Waals surface area contributed by atoms with Crippen LogP contribution in [0.1, 0.15) is 25.1 Å². The van der Waals surface area contributed by atoms with Gasteiger partial charge in [0.25, 0.3) is 0 Å². The summed E-state index contributed by atoms with van der Waals surface area (Å²) < 4.78 is 1.12. The Morgan fingerprint density at radius 3 is 2.75 bits per heavy atom. The lowest BCUT2D eigenvalue weighted by atomic mass is 10.2. The second-order valence-electron chi connectivity index (χ2n) is 3.72. The molecule has 90 valence electrons. The van der Waals surface area contributed by atoms with Gasteiger partial charge in [0.05, 0.1) is 10.2 Å². The van der Waals surface area contributed by atoms with Crippen molar-refractivity contribution in [3.63, 3.8) is 0 Å². The van der Waals surface area contributed by atoms with Crippen molar-refractivity contribution >= 4 is 33.2 Å². The van der Waals surface area contributed by atoms with Crippen LogP contribution >= 0.6 is 27.3 Å². The molecule has 0 aromatic carbocycles. The van der Waals surface area contributed by atoms with Crippen LogP contribution in [0.15, 0.2) is 15.9 Å². The van der Waals surface area contributed by atoms with Crippen LogP contribution in [0.3, 0.4) is 0 Å². The normalized spacial score (nSPS) is 13.0. The first-order valence-corrected chi connectivity index (χ1v) is 6.84. The van der Waals surface area contributed by atoms with Crippen molar-refractivity contribution in [2.75, 3.05) is 6.54 Å². The predicted octanol–water partition coefficient (Wildman–Crippen LogP) is 3.20. The summed E-state index contributed by atoms with van der Waals surface area (Å²) in [6, 6.07) is 4.17. The lowest BCUT2D eigenvalue weighted by Crippen LogP contribution is -2.33. The summed E-state index contributed by atoms with van der Waals surface area (Å²) in [7, 11) is 0. The standard InChI is InChI=1S/C11H16BrNO2S/c1-3-13(8(2)6-11(14)15)7-9-4-5-10(12)16-9/h4-5,8H,3,6-7H2,1-2H3,(H,14,15). The molecule has 0 radical (unpaired) electrons. The number of hydrogen-bond donors (Lipinski definition) is 1. The molecular formula is C11H16BrNO2S. The summed E-state index contributed by atoms with van der Waals surface area (Å²) >= 11 is 5.12. The third-order valence-corrected chi connectivity index (χ3v) is 4.10. The lowest BCUT2D eigenvalue weighted by Gasteiger charge is -2.25. The number of thiophene rings is 1. The Labute approximate surface area is 108 Å². The molecule has 1 aromatic heterocycles. The van der Waals surface area contributed by atoms with E-state index >= 15 is 0 Å². The van der Waals surface area contributed by atoms with Gasteiger partial charge in [0.1, 0.15) is 0 Å². The first-order chi connectivity index (χ1) is 7.52. The second kappa shape index (κ2) is 6.37. The van der Waals surface area contributed by atoms with Gasteiger partial charge in [-0.15, -0.1) is 11.3 Å². The average Bonchev–Trinajstić information content (AvgIpc) is 2.59. The summed E-state index contributed by atoms with van der Waals surface area (Å²) in [5, 5.41) is 8.77. The fourth-order valence-electron chi connectivity index (χ4n) is 1.60. The molecule has 0 bridgehead atoms. The van der Waals surface area contributed by atoms with Crippen LogP contribution in [-0.4, -0.2) is 28.6 Å². The number of aliphatic carboxylic acids is 1. The maximum absolute atomic E-state index is 10.7. The van der Waals surface area contributed by atoms with Gasteiger partial charge >= 0.3 is 5.97 Å². The minimum absolute atomic E-state index is 0.0726. The molecule has 1 rings (SSSR count). The number of nitrogens with zero attached hydrogens (tertiary/aromatic N) is 1. The Balaban J connectivity index is 2.57. The molecular weight excluding hydrogens is 290 g/mol. The van der Waals surface area contributed by atoms with Gasteiger partial charge in [0.15, 0.2) is 0 Å². The number of carboxylic acids is 1. The van der Waals surface area contributed by atoms with Gasteiger partial charge in [-0.25, -0.2) is 0 Å². The van der Waals surface area contributed by atoms with Crippen molar-refractivity contribution in [3.05, 3.63) is 20.8 Å². The molecule has 0 spiro atoms. The Bertz CT molecular complexity index is 354. The molecule has 0 saturated heterocycles. The van der Waals surface area contributed by atoms with Gasteiger partial charge in [-0.2, -0.15) is 0 Å². The van der Waals surface area contributed by atoms with Crippen LogP contribution in [0.2, 0.25) is 0 Å². The maximum atomic E-state index is 10.7. The molecule has 0 aliphatic rings. The molecule has 1 aromatic rings. The fourth-order valence-corrected chi connectivity index (χ4v) is 3.11. The van der Waals surface area contributed by atoms with E-state index in [-0.39, 0.29) is 12.5 Å².